The summed E-state index contributed by atoms with van der Waals surface area (Å²) in [5.74, 6) is 1.04. The van der Waals surface area contributed by atoms with Gasteiger partial charge in [0.2, 0.25) is 0 Å². The Balaban J connectivity index is 2.30. The van der Waals surface area contributed by atoms with Gasteiger partial charge in [0, 0.05) is 7.05 Å². The minimum Gasteiger partial charge on any atom is -0.334 e. The molecule has 3 heteroatoms. The average molecular weight is 179 g/mol. The summed E-state index contributed by atoms with van der Waals surface area (Å²) in [5, 5.41) is 0. The Morgan fingerprint density at radius 1 is 1.62 bits per heavy atom. The highest BCUT2D eigenvalue weighted by Gasteiger charge is 2.44. The van der Waals surface area contributed by atoms with Gasteiger partial charge in [-0.15, -0.1) is 0 Å². The van der Waals surface area contributed by atoms with E-state index >= 15 is 0 Å². The Labute approximate surface area is 79.0 Å². The Morgan fingerprint density at radius 3 is 2.62 bits per heavy atom. The lowest BCUT2D eigenvalue weighted by atomic mass is 9.97. The summed E-state index contributed by atoms with van der Waals surface area (Å²) in [6.45, 7) is 4.26. The molecule has 1 aromatic heterocycles. The van der Waals surface area contributed by atoms with Gasteiger partial charge in [0.05, 0.1) is 17.9 Å². The summed E-state index contributed by atoms with van der Waals surface area (Å²) < 4.78 is 2.09. The van der Waals surface area contributed by atoms with E-state index in [-0.39, 0.29) is 6.04 Å². The monoisotopic (exact) mass is 179 g/mol. The van der Waals surface area contributed by atoms with Gasteiger partial charge in [-0.2, -0.15) is 0 Å². The molecule has 2 N–H and O–H groups in total. The molecule has 72 valence electrons. The van der Waals surface area contributed by atoms with E-state index in [1.165, 1.54) is 12.8 Å². The quantitative estimate of drug-likeness (QED) is 0.748. The maximum atomic E-state index is 6.19. The lowest BCUT2D eigenvalue weighted by Gasteiger charge is -2.19. The number of aromatic nitrogens is 2. The van der Waals surface area contributed by atoms with Crippen molar-refractivity contribution in [3.63, 3.8) is 0 Å². The molecule has 1 fully saturated rings. The van der Waals surface area contributed by atoms with Crippen LogP contribution in [0.2, 0.25) is 0 Å². The summed E-state index contributed by atoms with van der Waals surface area (Å²) in [6.07, 6.45) is 4.40. The molecule has 0 bridgehead atoms. The molecule has 0 saturated heterocycles. The van der Waals surface area contributed by atoms with E-state index in [4.69, 9.17) is 5.73 Å². The molecule has 2 rings (SSSR count). The first-order valence-electron chi connectivity index (χ1n) is 4.78. The van der Waals surface area contributed by atoms with Gasteiger partial charge < -0.3 is 10.3 Å². The number of nitrogens with two attached hydrogens (primary N) is 1. The Kier molecular flexibility index (Phi) is 1.74. The van der Waals surface area contributed by atoms with E-state index in [1.54, 1.807) is 0 Å². The zero-order chi connectivity index (χ0) is 9.64. The predicted molar refractivity (Wildman–Crippen MR) is 52.2 cm³/mol. The van der Waals surface area contributed by atoms with Crippen LogP contribution < -0.4 is 5.73 Å². The fourth-order valence-electron chi connectivity index (χ4n) is 1.67. The molecule has 1 aromatic rings. The third kappa shape index (κ3) is 1.27. The molecular formula is C10H17N3. The first kappa shape index (κ1) is 8.75. The number of rotatable bonds is 2. The highest BCUT2D eigenvalue weighted by atomic mass is 15.1. The van der Waals surface area contributed by atoms with Crippen LogP contribution in [-0.2, 0) is 7.05 Å². The van der Waals surface area contributed by atoms with E-state index in [1.807, 2.05) is 20.2 Å². The van der Waals surface area contributed by atoms with Crippen LogP contribution in [0.15, 0.2) is 6.20 Å². The lowest BCUT2D eigenvalue weighted by Crippen LogP contribution is -2.22. The van der Waals surface area contributed by atoms with Crippen LogP contribution in [-0.4, -0.2) is 9.55 Å². The smallest absolute Gasteiger partial charge is 0.105 e. The molecule has 0 aromatic carbocycles. The molecular weight excluding hydrogens is 162 g/mol. The second-order valence-electron chi connectivity index (χ2n) is 4.42. The minimum atomic E-state index is 0.152. The minimum absolute atomic E-state index is 0.152. The molecule has 1 atom stereocenters. The van der Waals surface area contributed by atoms with Crippen LogP contribution in [0.4, 0.5) is 0 Å². The SMILES string of the molecule is Cc1ncc(C(N)C2(C)CC2)n1C. The van der Waals surface area contributed by atoms with Crippen molar-refractivity contribution in [2.75, 3.05) is 0 Å². The van der Waals surface area contributed by atoms with Crippen molar-refractivity contribution in [1.29, 1.82) is 0 Å². The normalized spacial score (nSPS) is 21.5. The van der Waals surface area contributed by atoms with E-state index < -0.39 is 0 Å². The van der Waals surface area contributed by atoms with Gasteiger partial charge in [0.25, 0.3) is 0 Å². The highest BCUT2D eigenvalue weighted by Crippen LogP contribution is 2.53. The van der Waals surface area contributed by atoms with Gasteiger partial charge >= 0.3 is 0 Å². The fraction of sp³-hybridized carbons (Fsp3) is 0.700. The Bertz CT molecular complexity index is 323. The number of hydrogen-bond acceptors (Lipinski definition) is 2. The van der Waals surface area contributed by atoms with E-state index in [2.05, 4.69) is 16.5 Å². The number of aryl methyl sites for hydroxylation is 1. The summed E-state index contributed by atoms with van der Waals surface area (Å²) in [5.41, 5.74) is 7.69. The number of imidazole rings is 1. The van der Waals surface area contributed by atoms with Crippen LogP contribution in [0.1, 0.15) is 37.3 Å². The van der Waals surface area contributed by atoms with Crippen molar-refractivity contribution < 1.29 is 0 Å². The molecule has 13 heavy (non-hydrogen) atoms. The van der Waals surface area contributed by atoms with Gasteiger partial charge in [-0.05, 0) is 25.2 Å². The predicted octanol–water partition coefficient (Wildman–Crippen LogP) is 1.53. The van der Waals surface area contributed by atoms with E-state index in [0.29, 0.717) is 5.41 Å². The van der Waals surface area contributed by atoms with Gasteiger partial charge in [0.15, 0.2) is 0 Å². The zero-order valence-corrected chi connectivity index (χ0v) is 8.54. The zero-order valence-electron chi connectivity index (χ0n) is 8.54. The van der Waals surface area contributed by atoms with Gasteiger partial charge in [0.1, 0.15) is 5.82 Å². The van der Waals surface area contributed by atoms with Crippen LogP contribution >= 0.6 is 0 Å². The molecule has 1 saturated carbocycles. The Morgan fingerprint density at radius 2 is 2.23 bits per heavy atom. The lowest BCUT2D eigenvalue weighted by molar-refractivity contribution is 0.431. The van der Waals surface area contributed by atoms with E-state index in [9.17, 15) is 0 Å². The molecule has 0 aliphatic heterocycles. The van der Waals surface area contributed by atoms with Crippen LogP contribution in [0.3, 0.4) is 0 Å². The Hall–Kier alpha value is -0.830. The number of nitrogens with zero attached hydrogens (tertiary/aromatic N) is 2. The third-order valence-electron chi connectivity index (χ3n) is 3.36. The first-order valence-corrected chi connectivity index (χ1v) is 4.78. The largest absolute Gasteiger partial charge is 0.334 e. The maximum Gasteiger partial charge on any atom is 0.105 e. The molecule has 1 aliphatic carbocycles. The third-order valence-corrected chi connectivity index (χ3v) is 3.36. The van der Waals surface area contributed by atoms with Crippen LogP contribution in [0.5, 0.6) is 0 Å². The van der Waals surface area contributed by atoms with Crippen molar-refractivity contribution in [1.82, 2.24) is 9.55 Å². The topological polar surface area (TPSA) is 43.8 Å². The maximum absolute atomic E-state index is 6.19. The fourth-order valence-corrected chi connectivity index (χ4v) is 1.67. The van der Waals surface area contributed by atoms with Crippen molar-refractivity contribution in [3.8, 4) is 0 Å². The van der Waals surface area contributed by atoms with Crippen molar-refractivity contribution in [2.24, 2.45) is 18.2 Å². The first-order chi connectivity index (χ1) is 6.04. The second kappa shape index (κ2) is 2.58. The molecule has 0 amide bonds. The second-order valence-corrected chi connectivity index (χ2v) is 4.42. The highest BCUT2D eigenvalue weighted by molar-refractivity contribution is 5.15. The summed E-state index contributed by atoms with van der Waals surface area (Å²) in [6, 6.07) is 0.152. The van der Waals surface area contributed by atoms with Crippen molar-refractivity contribution in [2.45, 2.75) is 32.7 Å². The summed E-state index contributed by atoms with van der Waals surface area (Å²) >= 11 is 0. The molecule has 3 nitrogen and oxygen atoms in total. The van der Waals surface area contributed by atoms with Crippen molar-refractivity contribution in [3.05, 3.63) is 17.7 Å². The molecule has 0 radical (unpaired) electrons. The van der Waals surface area contributed by atoms with Crippen LogP contribution in [0, 0.1) is 12.3 Å². The van der Waals surface area contributed by atoms with Gasteiger partial charge in [-0.1, -0.05) is 6.92 Å². The van der Waals surface area contributed by atoms with Gasteiger partial charge in [-0.3, -0.25) is 0 Å². The average Bonchev–Trinajstić information content (AvgIpc) is 2.76. The number of hydrogen-bond donors (Lipinski definition) is 1. The van der Waals surface area contributed by atoms with Crippen LogP contribution in [0.25, 0.3) is 0 Å². The molecule has 1 aliphatic rings. The van der Waals surface area contributed by atoms with E-state index in [0.717, 1.165) is 11.5 Å². The molecule has 0 spiro atoms. The molecule has 1 unspecified atom stereocenters. The van der Waals surface area contributed by atoms with Gasteiger partial charge in [-0.25, -0.2) is 4.98 Å². The standard InChI is InChI=1S/C10H17N3/c1-7-12-6-8(13(7)3)9(11)10(2)4-5-10/h6,9H,4-5,11H2,1-3H3. The summed E-state index contributed by atoms with van der Waals surface area (Å²) in [7, 11) is 2.03. The van der Waals surface area contributed by atoms with Crippen molar-refractivity contribution >= 4 is 0 Å². The molecule has 1 heterocycles. The summed E-state index contributed by atoms with van der Waals surface area (Å²) in [4.78, 5) is 4.26.